The van der Waals surface area contributed by atoms with Gasteiger partial charge < -0.3 is 9.47 Å². The minimum Gasteiger partial charge on any atom is -0.489 e. The fraction of sp³-hybridized carbons (Fsp3) is 0.296. The van der Waals surface area contributed by atoms with Crippen LogP contribution in [0.5, 0.6) is 5.75 Å². The van der Waals surface area contributed by atoms with Crippen LogP contribution in [0.4, 0.5) is 0 Å². The zero-order valence-corrected chi connectivity index (χ0v) is 25.7. The molecule has 0 radical (unpaired) electrons. The van der Waals surface area contributed by atoms with Gasteiger partial charge in [-0.25, -0.2) is 9.79 Å². The Balaban J connectivity index is 1.90. The second-order valence-electron chi connectivity index (χ2n) is 8.69. The van der Waals surface area contributed by atoms with E-state index < -0.39 is 12.0 Å². The van der Waals surface area contributed by atoms with Crippen LogP contribution in [0, 0.1) is 14.1 Å². The van der Waals surface area contributed by atoms with E-state index in [0.29, 0.717) is 20.6 Å². The van der Waals surface area contributed by atoms with Crippen molar-refractivity contribution >= 4 is 68.6 Å². The summed E-state index contributed by atoms with van der Waals surface area (Å²) in [6.07, 6.45) is 1.95. The van der Waals surface area contributed by atoms with E-state index in [1.54, 1.807) is 18.4 Å². The molecule has 0 N–H and O–H groups in total. The van der Waals surface area contributed by atoms with Gasteiger partial charge in [0.1, 0.15) is 5.75 Å². The number of rotatable bonds is 6. The number of ether oxygens (including phenoxy) is 2. The second-order valence-corrected chi connectivity index (χ2v) is 12.0. The molecule has 9 heteroatoms. The lowest BCUT2D eigenvalue weighted by Gasteiger charge is -2.24. The monoisotopic (exact) mass is 728 g/mol. The zero-order chi connectivity index (χ0) is 26.1. The number of hydrogen-bond acceptors (Lipinski definition) is 6. The van der Waals surface area contributed by atoms with Gasteiger partial charge in [-0.2, -0.15) is 0 Å². The largest absolute Gasteiger partial charge is 0.489 e. The third kappa shape index (κ3) is 5.47. The molecule has 0 unspecified atom stereocenters. The molecular formula is C27H26I2N2O4S. The van der Waals surface area contributed by atoms with E-state index in [1.807, 2.05) is 63.2 Å². The van der Waals surface area contributed by atoms with Gasteiger partial charge in [0.05, 0.1) is 41.7 Å². The highest BCUT2D eigenvalue weighted by Gasteiger charge is 2.33. The lowest BCUT2D eigenvalue weighted by Crippen LogP contribution is -2.39. The number of hydrogen-bond donors (Lipinski definition) is 0. The van der Waals surface area contributed by atoms with Crippen molar-refractivity contribution in [2.24, 2.45) is 4.99 Å². The van der Waals surface area contributed by atoms with Crippen molar-refractivity contribution in [2.45, 2.75) is 46.8 Å². The Morgan fingerprint density at radius 3 is 2.39 bits per heavy atom. The van der Waals surface area contributed by atoms with Crippen molar-refractivity contribution in [1.29, 1.82) is 0 Å². The summed E-state index contributed by atoms with van der Waals surface area (Å²) in [7, 11) is 0. The molecule has 2 heterocycles. The van der Waals surface area contributed by atoms with Gasteiger partial charge in [0, 0.05) is 0 Å². The first kappa shape index (κ1) is 27.1. The van der Waals surface area contributed by atoms with Crippen LogP contribution < -0.4 is 19.6 Å². The van der Waals surface area contributed by atoms with Gasteiger partial charge in [0.15, 0.2) is 4.80 Å². The van der Waals surface area contributed by atoms with Crippen molar-refractivity contribution in [1.82, 2.24) is 4.57 Å². The third-order valence-corrected chi connectivity index (χ3v) is 8.17. The molecule has 6 nitrogen and oxygen atoms in total. The molecule has 0 bridgehead atoms. The standard InChI is InChI=1S/C27H26I2N2O4S/c1-6-34-26(33)22-16(5)30-27-31(23(22)18-9-7-15(4)8-10-18)25(32)21(36-27)13-17-11-19(28)24(20(29)12-17)35-14(2)3/h7-14,23H,6H2,1-5H3/b21-13-/t23-/m1/s1. The number of benzene rings is 2. The molecule has 1 atom stereocenters. The number of carbonyl (C=O) groups excluding carboxylic acids is 1. The van der Waals surface area contributed by atoms with E-state index in [2.05, 4.69) is 50.2 Å². The molecule has 2 aromatic carbocycles. The molecule has 0 saturated carbocycles. The van der Waals surface area contributed by atoms with Gasteiger partial charge >= 0.3 is 5.97 Å². The van der Waals surface area contributed by atoms with E-state index >= 15 is 0 Å². The molecule has 0 aliphatic carbocycles. The van der Waals surface area contributed by atoms with Crippen LogP contribution in [0.25, 0.3) is 6.08 Å². The molecule has 1 aliphatic heterocycles. The lowest BCUT2D eigenvalue weighted by molar-refractivity contribution is -0.139. The maximum absolute atomic E-state index is 13.8. The average molecular weight is 728 g/mol. The molecule has 0 amide bonds. The van der Waals surface area contributed by atoms with Gasteiger partial charge in [-0.05, 0) is 109 Å². The molecule has 1 aromatic heterocycles. The van der Waals surface area contributed by atoms with Crippen molar-refractivity contribution in [3.8, 4) is 5.75 Å². The maximum atomic E-state index is 13.8. The smallest absolute Gasteiger partial charge is 0.338 e. The number of halogens is 2. The van der Waals surface area contributed by atoms with Crippen molar-refractivity contribution < 1.29 is 14.3 Å². The SMILES string of the molecule is CCOC(=O)C1=C(C)N=c2s/c(=C\c3cc(I)c(OC(C)C)c(I)c3)c(=O)n2[C@@H]1c1ccc(C)cc1. The molecular weight excluding hydrogens is 702 g/mol. The van der Waals surface area contributed by atoms with Crippen LogP contribution >= 0.6 is 56.5 Å². The van der Waals surface area contributed by atoms with E-state index in [4.69, 9.17) is 9.47 Å². The minimum absolute atomic E-state index is 0.0696. The predicted octanol–water partition coefficient (Wildman–Crippen LogP) is 5.10. The number of allylic oxidation sites excluding steroid dienone is 1. The van der Waals surface area contributed by atoms with Gasteiger partial charge in [-0.3, -0.25) is 9.36 Å². The van der Waals surface area contributed by atoms with Crippen molar-refractivity contribution in [2.75, 3.05) is 6.61 Å². The van der Waals surface area contributed by atoms with Crippen LogP contribution in [0.2, 0.25) is 0 Å². The molecule has 4 rings (SSSR count). The Bertz CT molecular complexity index is 1510. The van der Waals surface area contributed by atoms with Crippen LogP contribution in [-0.4, -0.2) is 23.2 Å². The first-order valence-electron chi connectivity index (χ1n) is 11.5. The fourth-order valence-corrected chi connectivity index (χ4v) is 7.14. The Morgan fingerprint density at radius 2 is 1.81 bits per heavy atom. The number of thiazole rings is 1. The quantitative estimate of drug-likeness (QED) is 0.262. The minimum atomic E-state index is -0.606. The zero-order valence-electron chi connectivity index (χ0n) is 20.6. The molecule has 188 valence electrons. The summed E-state index contributed by atoms with van der Waals surface area (Å²) in [6, 6.07) is 11.3. The Hall–Kier alpha value is -1.99. The van der Waals surface area contributed by atoms with Gasteiger partial charge in [0.2, 0.25) is 0 Å². The van der Waals surface area contributed by atoms with Crippen LogP contribution in [0.15, 0.2) is 57.5 Å². The number of nitrogens with zero attached hydrogens (tertiary/aromatic N) is 2. The Morgan fingerprint density at radius 1 is 1.17 bits per heavy atom. The number of carbonyl (C=O) groups is 1. The summed E-state index contributed by atoms with van der Waals surface area (Å²) in [4.78, 5) is 32.0. The lowest BCUT2D eigenvalue weighted by atomic mass is 9.95. The molecule has 0 fully saturated rings. The van der Waals surface area contributed by atoms with E-state index in [0.717, 1.165) is 29.6 Å². The van der Waals surface area contributed by atoms with Crippen LogP contribution in [0.1, 0.15) is 50.4 Å². The van der Waals surface area contributed by atoms with Crippen LogP contribution in [-0.2, 0) is 9.53 Å². The average Bonchev–Trinajstić information content (AvgIpc) is 3.10. The maximum Gasteiger partial charge on any atom is 0.338 e. The Kier molecular flexibility index (Phi) is 8.40. The molecule has 3 aromatic rings. The van der Waals surface area contributed by atoms with Crippen LogP contribution in [0.3, 0.4) is 0 Å². The topological polar surface area (TPSA) is 69.9 Å². The number of esters is 1. The van der Waals surface area contributed by atoms with E-state index in [-0.39, 0.29) is 18.3 Å². The molecule has 1 aliphatic rings. The first-order chi connectivity index (χ1) is 17.1. The summed E-state index contributed by atoms with van der Waals surface area (Å²) in [5.41, 5.74) is 3.60. The third-order valence-electron chi connectivity index (χ3n) is 5.58. The highest BCUT2D eigenvalue weighted by Crippen LogP contribution is 2.32. The predicted molar refractivity (Wildman–Crippen MR) is 159 cm³/mol. The number of fused-ring (bicyclic) bond motifs is 1. The summed E-state index contributed by atoms with van der Waals surface area (Å²) in [5, 5.41) is 0. The van der Waals surface area contributed by atoms with Gasteiger partial charge in [0.25, 0.3) is 5.56 Å². The molecule has 0 spiro atoms. The summed E-state index contributed by atoms with van der Waals surface area (Å²) in [6.45, 7) is 9.81. The number of aromatic nitrogens is 1. The van der Waals surface area contributed by atoms with Crippen molar-refractivity contribution in [3.05, 3.63) is 91.2 Å². The molecule has 0 saturated heterocycles. The highest BCUT2D eigenvalue weighted by molar-refractivity contribution is 14.1. The molecule has 36 heavy (non-hydrogen) atoms. The first-order valence-corrected chi connectivity index (χ1v) is 14.5. The Labute approximate surface area is 241 Å². The van der Waals surface area contributed by atoms with E-state index in [9.17, 15) is 9.59 Å². The van der Waals surface area contributed by atoms with E-state index in [1.165, 1.54) is 11.3 Å². The highest BCUT2D eigenvalue weighted by atomic mass is 127. The van der Waals surface area contributed by atoms with Gasteiger partial charge in [-0.15, -0.1) is 0 Å². The number of aryl methyl sites for hydroxylation is 1. The fourth-order valence-electron chi connectivity index (χ4n) is 4.02. The summed E-state index contributed by atoms with van der Waals surface area (Å²) < 4.78 is 15.4. The second kappa shape index (κ2) is 11.2. The van der Waals surface area contributed by atoms with Gasteiger partial charge in [-0.1, -0.05) is 41.2 Å². The normalized spacial score (nSPS) is 15.7. The van der Waals surface area contributed by atoms with Crippen molar-refractivity contribution in [3.63, 3.8) is 0 Å². The summed E-state index contributed by atoms with van der Waals surface area (Å²) >= 11 is 5.84. The summed E-state index contributed by atoms with van der Waals surface area (Å²) in [5.74, 6) is 0.391.